The fraction of sp³-hybridized carbons (Fsp3) is 0.0208. The van der Waals surface area contributed by atoms with Crippen molar-refractivity contribution in [2.75, 3.05) is 16.5 Å². The molecule has 5 heteroatoms. The van der Waals surface area contributed by atoms with Crippen LogP contribution in [0.5, 0.6) is 0 Å². The number of benzene rings is 7. The summed E-state index contributed by atoms with van der Waals surface area (Å²) in [4.78, 5) is 19.4. The number of fused-ring (bicyclic) bond motifs is 3. The van der Waals surface area contributed by atoms with Gasteiger partial charge in [0.25, 0.3) is 0 Å². The third-order valence-corrected chi connectivity index (χ3v) is 9.83. The molecule has 5 nitrogen and oxygen atoms in total. The standard InChI is InChI=1S/C48H35N5/c1-49-42-24-12-15-27-47(42)53-33-52(45-25-13-10-22-40(45)41-23-11-14-26-46(41)53)37-30-28-35(29-31-37)43-32-44(51-48(50-43)36-18-6-3-7-19-36)39-21-9-8-20-38(39)34-16-4-2-5-17-34/h2-32H,1,33H2. The second kappa shape index (κ2) is 13.9. The Balaban J connectivity index is 1.16. The molecule has 0 saturated heterocycles. The molecule has 0 bridgehead atoms. The molecule has 0 spiro atoms. The Morgan fingerprint density at radius 1 is 0.415 bits per heavy atom. The Morgan fingerprint density at radius 2 is 0.925 bits per heavy atom. The average Bonchev–Trinajstić information content (AvgIpc) is 3.39. The zero-order valence-electron chi connectivity index (χ0n) is 29.0. The van der Waals surface area contributed by atoms with E-state index in [-0.39, 0.29) is 0 Å². The summed E-state index contributed by atoms with van der Waals surface area (Å²) in [5, 5.41) is 0. The summed E-state index contributed by atoms with van der Waals surface area (Å²) < 4.78 is 0. The largest absolute Gasteiger partial charge is 0.322 e. The number of aliphatic imine (C=N–C) groups is 1. The van der Waals surface area contributed by atoms with E-state index in [4.69, 9.17) is 9.97 Å². The van der Waals surface area contributed by atoms with Crippen LogP contribution in [0.25, 0.3) is 56.2 Å². The minimum absolute atomic E-state index is 0.575. The molecule has 0 radical (unpaired) electrons. The Hall–Kier alpha value is -7.11. The zero-order chi connectivity index (χ0) is 35.6. The second-order valence-corrected chi connectivity index (χ2v) is 13.0. The summed E-state index contributed by atoms with van der Waals surface area (Å²) in [5.74, 6) is 0.689. The van der Waals surface area contributed by atoms with Crippen LogP contribution < -0.4 is 9.80 Å². The molecule has 0 fully saturated rings. The maximum absolute atomic E-state index is 5.15. The lowest BCUT2D eigenvalue weighted by Gasteiger charge is -2.32. The van der Waals surface area contributed by atoms with Crippen molar-refractivity contribution >= 4 is 35.2 Å². The summed E-state index contributed by atoms with van der Waals surface area (Å²) in [6, 6.07) is 65.4. The van der Waals surface area contributed by atoms with Gasteiger partial charge in [0, 0.05) is 33.5 Å². The highest BCUT2D eigenvalue weighted by atomic mass is 15.3. The lowest BCUT2D eigenvalue weighted by Crippen LogP contribution is -2.31. The average molecular weight is 682 g/mol. The van der Waals surface area contributed by atoms with E-state index < -0.39 is 0 Å². The first kappa shape index (κ1) is 31.8. The first-order valence-corrected chi connectivity index (χ1v) is 17.7. The summed E-state index contributed by atoms with van der Waals surface area (Å²) in [6.07, 6.45) is 0. The van der Waals surface area contributed by atoms with Crippen LogP contribution in [0.3, 0.4) is 0 Å². The van der Waals surface area contributed by atoms with E-state index in [1.54, 1.807) is 0 Å². The van der Waals surface area contributed by atoms with E-state index in [0.717, 1.165) is 67.6 Å². The minimum Gasteiger partial charge on any atom is -0.322 e. The van der Waals surface area contributed by atoms with Crippen LogP contribution in [-0.2, 0) is 0 Å². The molecular weight excluding hydrogens is 647 g/mol. The molecular formula is C48H35N5. The molecule has 1 aromatic heterocycles. The number of aromatic nitrogens is 2. The van der Waals surface area contributed by atoms with Gasteiger partial charge in [-0.25, -0.2) is 9.97 Å². The zero-order valence-corrected chi connectivity index (χ0v) is 29.0. The topological polar surface area (TPSA) is 44.6 Å². The fourth-order valence-electron chi connectivity index (χ4n) is 7.26. The lowest BCUT2D eigenvalue weighted by molar-refractivity contribution is 0.936. The Morgan fingerprint density at radius 3 is 1.58 bits per heavy atom. The van der Waals surface area contributed by atoms with E-state index in [1.165, 1.54) is 11.1 Å². The molecule has 1 aliphatic heterocycles. The molecule has 0 unspecified atom stereocenters. The van der Waals surface area contributed by atoms with Crippen LogP contribution in [-0.4, -0.2) is 23.4 Å². The predicted molar refractivity (Wildman–Crippen MR) is 220 cm³/mol. The van der Waals surface area contributed by atoms with Gasteiger partial charge in [0.1, 0.15) is 6.67 Å². The molecule has 7 aromatic carbocycles. The molecule has 0 saturated carbocycles. The summed E-state index contributed by atoms with van der Waals surface area (Å²) >= 11 is 0. The second-order valence-electron chi connectivity index (χ2n) is 13.0. The van der Waals surface area contributed by atoms with E-state index >= 15 is 0 Å². The molecule has 0 aliphatic carbocycles. The van der Waals surface area contributed by atoms with Gasteiger partial charge >= 0.3 is 0 Å². The van der Waals surface area contributed by atoms with Gasteiger partial charge in [-0.2, -0.15) is 0 Å². The number of anilines is 4. The van der Waals surface area contributed by atoms with Crippen molar-refractivity contribution in [1.82, 2.24) is 9.97 Å². The van der Waals surface area contributed by atoms with Crippen molar-refractivity contribution in [3.05, 3.63) is 188 Å². The van der Waals surface area contributed by atoms with Gasteiger partial charge in [-0.3, -0.25) is 4.99 Å². The number of nitrogens with zero attached hydrogens (tertiary/aromatic N) is 5. The van der Waals surface area contributed by atoms with E-state index in [1.807, 2.05) is 36.4 Å². The minimum atomic E-state index is 0.575. The maximum atomic E-state index is 5.15. The lowest BCUT2D eigenvalue weighted by atomic mass is 9.96. The van der Waals surface area contributed by atoms with Crippen LogP contribution in [0.4, 0.5) is 28.4 Å². The van der Waals surface area contributed by atoms with Gasteiger partial charge in [-0.05, 0) is 60.3 Å². The number of rotatable bonds is 7. The van der Waals surface area contributed by atoms with Crippen LogP contribution in [0.15, 0.2) is 193 Å². The normalized spacial score (nSPS) is 12.1. The van der Waals surface area contributed by atoms with Crippen molar-refractivity contribution in [2.45, 2.75) is 0 Å². The first-order chi connectivity index (χ1) is 26.2. The number of hydrogen-bond donors (Lipinski definition) is 0. The van der Waals surface area contributed by atoms with Crippen molar-refractivity contribution in [3.63, 3.8) is 0 Å². The van der Waals surface area contributed by atoms with Crippen LogP contribution >= 0.6 is 0 Å². The summed E-state index contributed by atoms with van der Waals surface area (Å²) in [6.45, 7) is 4.47. The number of para-hydroxylation sites is 4. The van der Waals surface area contributed by atoms with Crippen LogP contribution in [0.2, 0.25) is 0 Å². The summed E-state index contributed by atoms with van der Waals surface area (Å²) in [7, 11) is 0. The monoisotopic (exact) mass is 681 g/mol. The van der Waals surface area contributed by atoms with Gasteiger partial charge in [0.2, 0.25) is 0 Å². The van der Waals surface area contributed by atoms with E-state index in [2.05, 4.69) is 173 Å². The molecule has 9 rings (SSSR count). The molecule has 252 valence electrons. The maximum Gasteiger partial charge on any atom is 0.160 e. The highest BCUT2D eigenvalue weighted by Gasteiger charge is 2.27. The molecule has 53 heavy (non-hydrogen) atoms. The molecule has 2 heterocycles. The fourth-order valence-corrected chi connectivity index (χ4v) is 7.26. The third-order valence-electron chi connectivity index (χ3n) is 9.83. The van der Waals surface area contributed by atoms with Crippen molar-refractivity contribution in [3.8, 4) is 56.2 Å². The Kier molecular flexibility index (Phi) is 8.35. The predicted octanol–water partition coefficient (Wildman–Crippen LogP) is 12.4. The third kappa shape index (κ3) is 6.04. The van der Waals surface area contributed by atoms with Gasteiger partial charge in [0.15, 0.2) is 5.82 Å². The van der Waals surface area contributed by atoms with Crippen molar-refractivity contribution < 1.29 is 0 Å². The van der Waals surface area contributed by atoms with Gasteiger partial charge in [0.05, 0.1) is 34.1 Å². The highest BCUT2D eigenvalue weighted by molar-refractivity contribution is 5.95. The van der Waals surface area contributed by atoms with Crippen LogP contribution in [0, 0.1) is 0 Å². The first-order valence-electron chi connectivity index (χ1n) is 17.7. The smallest absolute Gasteiger partial charge is 0.160 e. The van der Waals surface area contributed by atoms with Gasteiger partial charge in [-0.15, -0.1) is 0 Å². The van der Waals surface area contributed by atoms with Crippen molar-refractivity contribution in [2.24, 2.45) is 4.99 Å². The molecule has 0 atom stereocenters. The molecule has 8 aromatic rings. The molecule has 0 amide bonds. The van der Waals surface area contributed by atoms with E-state index in [0.29, 0.717) is 12.5 Å². The van der Waals surface area contributed by atoms with E-state index in [9.17, 15) is 0 Å². The van der Waals surface area contributed by atoms with Crippen LogP contribution in [0.1, 0.15) is 0 Å². The SMILES string of the molecule is C=Nc1ccccc1N1CN(c2ccc(-c3cc(-c4ccccc4-c4ccccc4)nc(-c4ccccc4)n3)cc2)c2ccccc2-c2ccccc21. The quantitative estimate of drug-likeness (QED) is 0.157. The summed E-state index contributed by atoms with van der Waals surface area (Å²) in [5.41, 5.74) is 14.6. The van der Waals surface area contributed by atoms with Gasteiger partial charge < -0.3 is 9.80 Å². The highest BCUT2D eigenvalue weighted by Crippen LogP contribution is 2.47. The molecule has 0 N–H and O–H groups in total. The molecule has 1 aliphatic rings. The Bertz CT molecular complexity index is 2560. The van der Waals surface area contributed by atoms with Crippen molar-refractivity contribution in [1.29, 1.82) is 0 Å². The Labute approximate surface area is 309 Å². The van der Waals surface area contributed by atoms with Gasteiger partial charge in [-0.1, -0.05) is 146 Å². The number of hydrogen-bond acceptors (Lipinski definition) is 5.